The molecule has 4 nitrogen and oxygen atoms in total. The van der Waals surface area contributed by atoms with E-state index < -0.39 is 35.7 Å². The van der Waals surface area contributed by atoms with Crippen LogP contribution in [0.5, 0.6) is 5.75 Å². The van der Waals surface area contributed by atoms with Crippen LogP contribution < -0.4 is 5.73 Å². The number of aliphatic hydroxyl groups excluding tert-OH is 1. The molecule has 4 N–H and O–H groups in total. The van der Waals surface area contributed by atoms with Gasteiger partial charge in [0, 0.05) is 5.56 Å². The van der Waals surface area contributed by atoms with E-state index in [1.807, 2.05) is 0 Å². The Morgan fingerprint density at radius 2 is 2.06 bits per heavy atom. The van der Waals surface area contributed by atoms with E-state index in [0.29, 0.717) is 6.07 Å². The number of rotatable bonds is 3. The van der Waals surface area contributed by atoms with Crippen molar-refractivity contribution in [3.05, 3.63) is 29.1 Å². The van der Waals surface area contributed by atoms with Crippen molar-refractivity contribution in [2.45, 2.75) is 12.0 Å². The first-order valence-electron chi connectivity index (χ1n) is 4.50. The van der Waals surface area contributed by atoms with Crippen LogP contribution in [0.3, 0.4) is 0 Å². The molecular weight excluding hydrogens is 237 g/mol. The van der Waals surface area contributed by atoms with Gasteiger partial charge in [0.25, 0.3) is 5.92 Å². The molecule has 1 aromatic carbocycles. The number of nitrogens with two attached hydrogens (primary N) is 1. The zero-order valence-corrected chi connectivity index (χ0v) is 8.49. The van der Waals surface area contributed by atoms with E-state index in [1.54, 1.807) is 6.07 Å². The SMILES string of the molecule is N#Cc1cc(F)c(O)c([C@H](N)C(F)(F)CO)c1. The zero-order valence-electron chi connectivity index (χ0n) is 8.49. The van der Waals surface area contributed by atoms with Gasteiger partial charge < -0.3 is 15.9 Å². The molecule has 0 saturated heterocycles. The van der Waals surface area contributed by atoms with Crippen molar-refractivity contribution in [1.29, 1.82) is 5.26 Å². The summed E-state index contributed by atoms with van der Waals surface area (Å²) >= 11 is 0. The van der Waals surface area contributed by atoms with Crippen LogP contribution in [0.25, 0.3) is 0 Å². The van der Waals surface area contributed by atoms with E-state index in [1.165, 1.54) is 0 Å². The Hall–Kier alpha value is -1.78. The Balaban J connectivity index is 3.32. The fourth-order valence-electron chi connectivity index (χ4n) is 1.25. The molecule has 7 heteroatoms. The minimum Gasteiger partial charge on any atom is -0.505 e. The average Bonchev–Trinajstić information content (AvgIpc) is 2.31. The number of hydrogen-bond donors (Lipinski definition) is 3. The molecular formula is C10H9F3N2O2. The van der Waals surface area contributed by atoms with E-state index >= 15 is 0 Å². The lowest BCUT2D eigenvalue weighted by Crippen LogP contribution is -2.36. The summed E-state index contributed by atoms with van der Waals surface area (Å²) in [7, 11) is 0. The Morgan fingerprint density at radius 3 is 2.53 bits per heavy atom. The molecule has 92 valence electrons. The summed E-state index contributed by atoms with van der Waals surface area (Å²) in [6.07, 6.45) is 0. The van der Waals surface area contributed by atoms with Gasteiger partial charge in [-0.1, -0.05) is 0 Å². The number of aliphatic hydroxyl groups is 1. The van der Waals surface area contributed by atoms with E-state index in [0.717, 1.165) is 6.07 Å². The van der Waals surface area contributed by atoms with Crippen molar-refractivity contribution in [1.82, 2.24) is 0 Å². The van der Waals surface area contributed by atoms with E-state index in [-0.39, 0.29) is 5.56 Å². The predicted molar refractivity (Wildman–Crippen MR) is 51.7 cm³/mol. The van der Waals surface area contributed by atoms with Crippen LogP contribution >= 0.6 is 0 Å². The first-order chi connectivity index (χ1) is 7.83. The predicted octanol–water partition coefficient (Wildman–Crippen LogP) is 1.03. The van der Waals surface area contributed by atoms with Gasteiger partial charge in [0.2, 0.25) is 0 Å². The van der Waals surface area contributed by atoms with Gasteiger partial charge in [-0.25, -0.2) is 13.2 Å². The Labute approximate surface area is 94.7 Å². The third kappa shape index (κ3) is 2.49. The molecule has 0 bridgehead atoms. The number of aromatic hydroxyl groups is 1. The molecule has 1 aromatic rings. The van der Waals surface area contributed by atoms with Crippen molar-refractivity contribution in [3.63, 3.8) is 0 Å². The van der Waals surface area contributed by atoms with Gasteiger partial charge in [0.05, 0.1) is 11.6 Å². The maximum absolute atomic E-state index is 13.1. The second-order valence-corrected chi connectivity index (χ2v) is 3.40. The first-order valence-corrected chi connectivity index (χ1v) is 4.50. The number of nitrogens with zero attached hydrogens (tertiary/aromatic N) is 1. The van der Waals surface area contributed by atoms with Gasteiger partial charge in [-0.05, 0) is 12.1 Å². The van der Waals surface area contributed by atoms with Gasteiger partial charge in [-0.3, -0.25) is 0 Å². The Bertz CT molecular complexity index is 471. The topological polar surface area (TPSA) is 90.3 Å². The summed E-state index contributed by atoms with van der Waals surface area (Å²) in [5.74, 6) is -5.99. The molecule has 1 rings (SSSR count). The highest BCUT2D eigenvalue weighted by Gasteiger charge is 2.39. The van der Waals surface area contributed by atoms with Gasteiger partial charge >= 0.3 is 0 Å². The highest BCUT2D eigenvalue weighted by molar-refractivity contribution is 5.44. The largest absolute Gasteiger partial charge is 0.505 e. The summed E-state index contributed by atoms with van der Waals surface area (Å²) in [4.78, 5) is 0. The molecule has 0 amide bonds. The Morgan fingerprint density at radius 1 is 1.47 bits per heavy atom. The van der Waals surface area contributed by atoms with Gasteiger partial charge in [-0.2, -0.15) is 5.26 Å². The summed E-state index contributed by atoms with van der Waals surface area (Å²) in [5.41, 5.74) is 4.26. The monoisotopic (exact) mass is 246 g/mol. The van der Waals surface area contributed by atoms with Crippen molar-refractivity contribution in [2.24, 2.45) is 5.73 Å². The van der Waals surface area contributed by atoms with Crippen LogP contribution in [0.2, 0.25) is 0 Å². The maximum atomic E-state index is 13.1. The quantitative estimate of drug-likeness (QED) is 0.743. The van der Waals surface area contributed by atoms with Crippen LogP contribution in [-0.4, -0.2) is 22.7 Å². The first kappa shape index (κ1) is 13.3. The molecule has 0 fully saturated rings. The van der Waals surface area contributed by atoms with Gasteiger partial charge in [-0.15, -0.1) is 0 Å². The summed E-state index contributed by atoms with van der Waals surface area (Å²) in [6.45, 7) is -1.55. The molecule has 0 aliphatic heterocycles. The van der Waals surface area contributed by atoms with Gasteiger partial charge in [0.15, 0.2) is 11.6 Å². The zero-order chi connectivity index (χ0) is 13.2. The lowest BCUT2D eigenvalue weighted by atomic mass is 9.98. The van der Waals surface area contributed by atoms with Crippen LogP contribution in [0.15, 0.2) is 12.1 Å². The Kier molecular flexibility index (Phi) is 3.60. The summed E-state index contributed by atoms with van der Waals surface area (Å²) in [6, 6.07) is 0.995. The molecule has 0 spiro atoms. The fraction of sp³-hybridized carbons (Fsp3) is 0.300. The molecule has 17 heavy (non-hydrogen) atoms. The highest BCUT2D eigenvalue weighted by atomic mass is 19.3. The van der Waals surface area contributed by atoms with Crippen molar-refractivity contribution >= 4 is 0 Å². The second-order valence-electron chi connectivity index (χ2n) is 3.40. The fourth-order valence-corrected chi connectivity index (χ4v) is 1.25. The molecule has 0 unspecified atom stereocenters. The molecule has 0 aliphatic carbocycles. The molecule has 0 heterocycles. The third-order valence-corrected chi connectivity index (χ3v) is 2.22. The van der Waals surface area contributed by atoms with Gasteiger partial charge in [0.1, 0.15) is 12.6 Å². The number of phenolic OH excluding ortho intramolecular Hbond substituents is 1. The smallest absolute Gasteiger partial charge is 0.289 e. The number of halogens is 3. The van der Waals surface area contributed by atoms with Crippen molar-refractivity contribution in [3.8, 4) is 11.8 Å². The molecule has 0 radical (unpaired) electrons. The maximum Gasteiger partial charge on any atom is 0.289 e. The van der Waals surface area contributed by atoms with Crippen LogP contribution in [0.4, 0.5) is 13.2 Å². The third-order valence-electron chi connectivity index (χ3n) is 2.22. The number of benzene rings is 1. The average molecular weight is 246 g/mol. The molecule has 0 saturated carbocycles. The number of phenols is 1. The van der Waals surface area contributed by atoms with Crippen LogP contribution in [0.1, 0.15) is 17.2 Å². The highest BCUT2D eigenvalue weighted by Crippen LogP contribution is 2.35. The van der Waals surface area contributed by atoms with E-state index in [4.69, 9.17) is 16.1 Å². The number of nitriles is 1. The molecule has 0 aromatic heterocycles. The summed E-state index contributed by atoms with van der Waals surface area (Å²) in [5, 5.41) is 26.3. The minimum atomic E-state index is -3.72. The second kappa shape index (κ2) is 4.61. The van der Waals surface area contributed by atoms with E-state index in [9.17, 15) is 18.3 Å². The lowest BCUT2D eigenvalue weighted by Gasteiger charge is -2.22. The number of alkyl halides is 2. The number of hydrogen-bond acceptors (Lipinski definition) is 4. The lowest BCUT2D eigenvalue weighted by molar-refractivity contribution is -0.0716. The van der Waals surface area contributed by atoms with Crippen LogP contribution in [-0.2, 0) is 0 Å². The van der Waals surface area contributed by atoms with E-state index in [2.05, 4.69) is 0 Å². The standard InChI is InChI=1S/C10H9F3N2O2/c11-7-2-5(3-14)1-6(8(7)17)9(15)10(12,13)4-16/h1-2,9,16-17H,4,15H2/t9-/m0/s1. The minimum absolute atomic E-state index is 0.250. The molecule has 1 atom stereocenters. The summed E-state index contributed by atoms with van der Waals surface area (Å²) < 4.78 is 39.3. The van der Waals surface area contributed by atoms with Crippen molar-refractivity contribution in [2.75, 3.05) is 6.61 Å². The van der Waals surface area contributed by atoms with Crippen molar-refractivity contribution < 1.29 is 23.4 Å². The van der Waals surface area contributed by atoms with Crippen LogP contribution in [0, 0.1) is 17.1 Å². The molecule has 0 aliphatic rings. The normalized spacial score (nSPS) is 13.2.